The van der Waals surface area contributed by atoms with Gasteiger partial charge in [0.2, 0.25) is 5.91 Å². The molecule has 0 saturated carbocycles. The van der Waals surface area contributed by atoms with Crippen LogP contribution in [0.4, 0.5) is 0 Å². The lowest BCUT2D eigenvalue weighted by atomic mass is 9.93. The fraction of sp³-hybridized carbons (Fsp3) is 0.529. The first-order valence-corrected chi connectivity index (χ1v) is 8.18. The summed E-state index contributed by atoms with van der Waals surface area (Å²) >= 11 is 0. The van der Waals surface area contributed by atoms with Crippen molar-refractivity contribution in [2.24, 2.45) is 0 Å². The predicted molar refractivity (Wildman–Crippen MR) is 86.9 cm³/mol. The summed E-state index contributed by atoms with van der Waals surface area (Å²) < 4.78 is 1.88. The largest absolute Gasteiger partial charge is 0.343 e. The Bertz CT molecular complexity index is 673. The second-order valence-corrected chi connectivity index (χ2v) is 6.19. The number of nitrogens with zero attached hydrogens (tertiary/aromatic N) is 5. The first-order valence-electron chi connectivity index (χ1n) is 8.18. The van der Waals surface area contributed by atoms with Gasteiger partial charge >= 0.3 is 0 Å². The van der Waals surface area contributed by atoms with Gasteiger partial charge in [0.05, 0.1) is 11.4 Å². The number of hydrogen-bond donors (Lipinski definition) is 0. The van der Waals surface area contributed by atoms with E-state index in [2.05, 4.69) is 15.1 Å². The highest BCUT2D eigenvalue weighted by Gasteiger charge is 2.24. The summed E-state index contributed by atoms with van der Waals surface area (Å²) in [5.41, 5.74) is 3.11. The van der Waals surface area contributed by atoms with Gasteiger partial charge in [0, 0.05) is 56.3 Å². The van der Waals surface area contributed by atoms with Crippen LogP contribution in [0.5, 0.6) is 0 Å². The van der Waals surface area contributed by atoms with Crippen molar-refractivity contribution in [1.29, 1.82) is 0 Å². The van der Waals surface area contributed by atoms with Crippen LogP contribution in [0.1, 0.15) is 42.3 Å². The predicted octanol–water partition coefficient (Wildman–Crippen LogP) is 2.09. The monoisotopic (exact) mass is 313 g/mol. The fourth-order valence-corrected chi connectivity index (χ4v) is 3.10. The van der Waals surface area contributed by atoms with E-state index in [1.54, 1.807) is 12.4 Å². The molecule has 1 fully saturated rings. The number of amides is 1. The Balaban J connectivity index is 1.50. The van der Waals surface area contributed by atoms with Gasteiger partial charge < -0.3 is 4.90 Å². The zero-order valence-corrected chi connectivity index (χ0v) is 13.8. The van der Waals surface area contributed by atoms with E-state index >= 15 is 0 Å². The number of aryl methyl sites for hydroxylation is 3. The topological polar surface area (TPSA) is 63.9 Å². The molecule has 23 heavy (non-hydrogen) atoms. The Morgan fingerprint density at radius 3 is 2.70 bits per heavy atom. The quantitative estimate of drug-likeness (QED) is 0.867. The first kappa shape index (κ1) is 15.6. The first-order chi connectivity index (χ1) is 11.1. The van der Waals surface area contributed by atoms with Crippen molar-refractivity contribution in [2.75, 3.05) is 13.1 Å². The third-order valence-electron chi connectivity index (χ3n) is 4.51. The fourth-order valence-electron chi connectivity index (χ4n) is 3.10. The number of rotatable bonds is 4. The summed E-state index contributed by atoms with van der Waals surface area (Å²) in [7, 11) is 0. The summed E-state index contributed by atoms with van der Waals surface area (Å²) in [6, 6.07) is 1.96. The molecule has 1 saturated heterocycles. The molecule has 2 aromatic rings. The van der Waals surface area contributed by atoms with Gasteiger partial charge in [0.1, 0.15) is 0 Å². The van der Waals surface area contributed by atoms with Crippen LogP contribution in [0.2, 0.25) is 0 Å². The maximum absolute atomic E-state index is 12.4. The SMILES string of the molecule is Cc1cncc(C2CCN(C(=O)CCn3nccc3C)CC2)n1. The van der Waals surface area contributed by atoms with E-state index in [1.165, 1.54) is 0 Å². The molecule has 0 N–H and O–H groups in total. The molecule has 1 aliphatic heterocycles. The maximum atomic E-state index is 12.4. The summed E-state index contributed by atoms with van der Waals surface area (Å²) in [5.74, 6) is 0.633. The summed E-state index contributed by atoms with van der Waals surface area (Å²) in [5, 5.41) is 4.22. The van der Waals surface area contributed by atoms with Crippen molar-refractivity contribution in [3.8, 4) is 0 Å². The van der Waals surface area contributed by atoms with Crippen molar-refractivity contribution in [3.63, 3.8) is 0 Å². The summed E-state index contributed by atoms with van der Waals surface area (Å²) in [4.78, 5) is 23.1. The smallest absolute Gasteiger partial charge is 0.224 e. The van der Waals surface area contributed by atoms with Crippen LogP contribution >= 0.6 is 0 Å². The second-order valence-electron chi connectivity index (χ2n) is 6.19. The van der Waals surface area contributed by atoms with Gasteiger partial charge in [-0.15, -0.1) is 0 Å². The minimum absolute atomic E-state index is 0.216. The standard InChI is InChI=1S/C17H23N5O/c1-13-11-18-12-16(20-13)15-4-8-21(9-5-15)17(23)6-10-22-14(2)3-7-19-22/h3,7,11-12,15H,4-6,8-10H2,1-2H3. The number of carbonyl (C=O) groups excluding carboxylic acids is 1. The second kappa shape index (κ2) is 6.89. The number of hydrogen-bond acceptors (Lipinski definition) is 4. The Morgan fingerprint density at radius 1 is 1.26 bits per heavy atom. The minimum atomic E-state index is 0.216. The molecule has 0 spiro atoms. The lowest BCUT2D eigenvalue weighted by molar-refractivity contribution is -0.132. The molecule has 0 aliphatic carbocycles. The summed E-state index contributed by atoms with van der Waals surface area (Å²) in [6.07, 6.45) is 7.84. The zero-order chi connectivity index (χ0) is 16.2. The number of piperidine rings is 1. The van der Waals surface area contributed by atoms with Crippen molar-refractivity contribution in [3.05, 3.63) is 41.7 Å². The molecule has 122 valence electrons. The normalized spacial score (nSPS) is 15.8. The van der Waals surface area contributed by atoms with Crippen LogP contribution in [0, 0.1) is 13.8 Å². The summed E-state index contributed by atoms with van der Waals surface area (Å²) in [6.45, 7) is 6.23. The molecule has 0 aromatic carbocycles. The van der Waals surface area contributed by atoms with Gasteiger partial charge in [-0.2, -0.15) is 5.10 Å². The van der Waals surface area contributed by atoms with Crippen LogP contribution in [0.25, 0.3) is 0 Å². The van der Waals surface area contributed by atoms with Crippen LogP contribution < -0.4 is 0 Å². The molecule has 0 bridgehead atoms. The number of likely N-dealkylation sites (tertiary alicyclic amines) is 1. The lowest BCUT2D eigenvalue weighted by Gasteiger charge is -2.31. The molecule has 0 atom stereocenters. The van der Waals surface area contributed by atoms with Gasteiger partial charge in [-0.1, -0.05) is 0 Å². The van der Waals surface area contributed by atoms with Gasteiger partial charge in [-0.25, -0.2) is 0 Å². The molecular weight excluding hydrogens is 290 g/mol. The Labute approximate surface area is 136 Å². The zero-order valence-electron chi connectivity index (χ0n) is 13.8. The van der Waals surface area contributed by atoms with Crippen LogP contribution in [-0.2, 0) is 11.3 Å². The van der Waals surface area contributed by atoms with E-state index in [0.717, 1.165) is 43.0 Å². The van der Waals surface area contributed by atoms with E-state index in [1.807, 2.05) is 35.7 Å². The van der Waals surface area contributed by atoms with Gasteiger partial charge in [0.25, 0.3) is 0 Å². The molecule has 1 aliphatic rings. The highest BCUT2D eigenvalue weighted by atomic mass is 16.2. The molecule has 1 amide bonds. The molecule has 0 unspecified atom stereocenters. The molecular formula is C17H23N5O. The number of aromatic nitrogens is 4. The molecule has 3 heterocycles. The highest BCUT2D eigenvalue weighted by molar-refractivity contribution is 5.76. The Kier molecular flexibility index (Phi) is 4.69. The average molecular weight is 313 g/mol. The van der Waals surface area contributed by atoms with E-state index < -0.39 is 0 Å². The number of carbonyl (C=O) groups is 1. The van der Waals surface area contributed by atoms with Crippen LogP contribution in [0.15, 0.2) is 24.7 Å². The van der Waals surface area contributed by atoms with Crippen LogP contribution in [0.3, 0.4) is 0 Å². The lowest BCUT2D eigenvalue weighted by Crippen LogP contribution is -2.38. The van der Waals surface area contributed by atoms with E-state index in [-0.39, 0.29) is 5.91 Å². The van der Waals surface area contributed by atoms with E-state index in [9.17, 15) is 4.79 Å². The average Bonchev–Trinajstić information content (AvgIpc) is 2.98. The molecule has 6 heteroatoms. The van der Waals surface area contributed by atoms with Gasteiger partial charge in [-0.3, -0.25) is 19.4 Å². The van der Waals surface area contributed by atoms with E-state index in [0.29, 0.717) is 18.9 Å². The van der Waals surface area contributed by atoms with Crippen molar-refractivity contribution >= 4 is 5.91 Å². The third kappa shape index (κ3) is 3.75. The minimum Gasteiger partial charge on any atom is -0.343 e. The molecule has 6 nitrogen and oxygen atoms in total. The third-order valence-corrected chi connectivity index (χ3v) is 4.51. The van der Waals surface area contributed by atoms with Crippen molar-refractivity contribution in [1.82, 2.24) is 24.6 Å². The van der Waals surface area contributed by atoms with Crippen molar-refractivity contribution < 1.29 is 4.79 Å². The Hall–Kier alpha value is -2.24. The Morgan fingerprint density at radius 2 is 2.04 bits per heavy atom. The molecule has 2 aromatic heterocycles. The van der Waals surface area contributed by atoms with Crippen molar-refractivity contribution in [2.45, 2.75) is 45.6 Å². The maximum Gasteiger partial charge on any atom is 0.224 e. The highest BCUT2D eigenvalue weighted by Crippen LogP contribution is 2.26. The molecule has 0 radical (unpaired) electrons. The van der Waals surface area contributed by atoms with Gasteiger partial charge in [0.15, 0.2) is 0 Å². The van der Waals surface area contributed by atoms with Gasteiger partial charge in [-0.05, 0) is 32.8 Å². The van der Waals surface area contributed by atoms with E-state index in [4.69, 9.17) is 0 Å². The molecule has 3 rings (SSSR count). The van der Waals surface area contributed by atoms with Crippen LogP contribution in [-0.4, -0.2) is 43.6 Å².